The molecule has 0 aromatic carbocycles. The van der Waals surface area contributed by atoms with E-state index < -0.39 is 12.0 Å². The monoisotopic (exact) mass is 534 g/mol. The Morgan fingerprint density at radius 3 is 2.50 bits per heavy atom. The van der Waals surface area contributed by atoms with Crippen molar-refractivity contribution in [1.29, 1.82) is 0 Å². The molecule has 5 heterocycles. The molecule has 204 valence electrons. The molecule has 0 amide bonds. The van der Waals surface area contributed by atoms with Gasteiger partial charge in [-0.15, -0.1) is 0 Å². The summed E-state index contributed by atoms with van der Waals surface area (Å²) in [5, 5.41) is 3.02. The van der Waals surface area contributed by atoms with Crippen LogP contribution in [-0.4, -0.2) is 63.0 Å². The van der Waals surface area contributed by atoms with Crippen molar-refractivity contribution >= 4 is 12.0 Å². The number of aromatic nitrogens is 5. The summed E-state index contributed by atoms with van der Waals surface area (Å²) in [5.74, 6) is -0.0636. The smallest absolute Gasteiger partial charge is 0.455 e. The molecule has 2 fully saturated rings. The molecule has 2 aliphatic rings. The van der Waals surface area contributed by atoms with Gasteiger partial charge in [0, 0.05) is 44.5 Å². The van der Waals surface area contributed by atoms with E-state index in [2.05, 4.69) is 20.1 Å². The highest BCUT2D eigenvalue weighted by Gasteiger charge is 2.38. The Kier molecular flexibility index (Phi) is 6.99. The molecule has 38 heavy (non-hydrogen) atoms. The second kappa shape index (κ2) is 10.2. The third-order valence-electron chi connectivity index (χ3n) is 7.14. The average Bonchev–Trinajstić information content (AvgIpc) is 3.54. The minimum absolute atomic E-state index is 0.0921. The van der Waals surface area contributed by atoms with E-state index in [9.17, 15) is 18.0 Å². The van der Waals surface area contributed by atoms with Crippen LogP contribution in [0.1, 0.15) is 37.2 Å². The van der Waals surface area contributed by atoms with Crippen LogP contribution in [0.5, 0.6) is 5.75 Å². The molecule has 3 atom stereocenters. The van der Waals surface area contributed by atoms with Gasteiger partial charge < -0.3 is 29.4 Å². The predicted octanol–water partition coefficient (Wildman–Crippen LogP) is 2.42. The van der Waals surface area contributed by atoms with Crippen LogP contribution in [0.2, 0.25) is 0 Å². The number of anilines is 2. The van der Waals surface area contributed by atoms with Crippen LogP contribution in [0.3, 0.4) is 0 Å². The third kappa shape index (κ3) is 5.44. The zero-order chi connectivity index (χ0) is 27.0. The highest BCUT2D eigenvalue weighted by molar-refractivity contribution is 5.35. The fraction of sp³-hybridized carbons (Fsp3) is 0.542. The molecule has 2 N–H and O–H groups in total. The predicted molar refractivity (Wildman–Crippen MR) is 131 cm³/mol. The van der Waals surface area contributed by atoms with E-state index in [0.717, 1.165) is 5.56 Å². The van der Waals surface area contributed by atoms with Gasteiger partial charge in [0.05, 0.1) is 24.5 Å². The number of hydrogen-bond donors (Lipinski definition) is 1. The highest BCUT2D eigenvalue weighted by Crippen LogP contribution is 2.31. The first kappa shape index (κ1) is 25.9. The van der Waals surface area contributed by atoms with Crippen LogP contribution < -0.4 is 25.8 Å². The molecule has 0 radical (unpaired) electrons. The van der Waals surface area contributed by atoms with E-state index in [1.54, 1.807) is 34.0 Å². The number of pyridine rings is 1. The van der Waals surface area contributed by atoms with Crippen molar-refractivity contribution in [2.45, 2.75) is 51.1 Å². The average molecular weight is 535 g/mol. The minimum Gasteiger partial charge on any atom is -0.487 e. The first-order valence-corrected chi connectivity index (χ1v) is 12.4. The summed E-state index contributed by atoms with van der Waals surface area (Å²) < 4.78 is 50.8. The zero-order valence-electron chi connectivity index (χ0n) is 21.0. The fourth-order valence-electron chi connectivity index (χ4n) is 5.01. The first-order valence-electron chi connectivity index (χ1n) is 12.4. The van der Waals surface area contributed by atoms with Crippen molar-refractivity contribution in [2.75, 3.05) is 36.0 Å². The fourth-order valence-corrected chi connectivity index (χ4v) is 5.01. The molecule has 2 aliphatic heterocycles. The second-order valence-corrected chi connectivity index (χ2v) is 9.85. The van der Waals surface area contributed by atoms with Crippen molar-refractivity contribution in [2.24, 2.45) is 11.7 Å². The van der Waals surface area contributed by atoms with Gasteiger partial charge >= 0.3 is 12.2 Å². The van der Waals surface area contributed by atoms with Crippen LogP contribution in [-0.2, 0) is 6.18 Å². The summed E-state index contributed by atoms with van der Waals surface area (Å²) >= 11 is 0. The van der Waals surface area contributed by atoms with Crippen LogP contribution in [0, 0.1) is 12.8 Å². The third-order valence-corrected chi connectivity index (χ3v) is 7.14. The molecule has 3 aromatic rings. The van der Waals surface area contributed by atoms with Crippen molar-refractivity contribution in [3.8, 4) is 5.75 Å². The standard InChI is InChI=1S/C24H29F3N8O3/c1-14-3-4-20(36)35(11-14)19-13-34(12-18(19)28)22-29-9-17(10-30-22)37-15(2)16-5-7-33(8-6-16)23-31-21(32-38-23)24(25,26)27/h3-4,9-11,15-16,18-19H,5-8,12-13,28H2,1-2H3/t15-,18-,19?/m0/s1. The summed E-state index contributed by atoms with van der Waals surface area (Å²) in [6.45, 7) is 5.88. The molecule has 0 spiro atoms. The topological polar surface area (TPSA) is 128 Å². The van der Waals surface area contributed by atoms with Gasteiger partial charge in [0.1, 0.15) is 0 Å². The van der Waals surface area contributed by atoms with Gasteiger partial charge in [-0.3, -0.25) is 4.79 Å². The van der Waals surface area contributed by atoms with Gasteiger partial charge in [0.25, 0.3) is 11.4 Å². The minimum atomic E-state index is -4.64. The van der Waals surface area contributed by atoms with Crippen molar-refractivity contribution in [1.82, 2.24) is 24.7 Å². The Labute approximate surface area is 216 Å². The van der Waals surface area contributed by atoms with E-state index in [1.807, 2.05) is 24.9 Å². The number of rotatable bonds is 6. The molecular weight excluding hydrogens is 505 g/mol. The molecule has 0 aliphatic carbocycles. The van der Waals surface area contributed by atoms with Gasteiger partial charge in [-0.1, -0.05) is 6.07 Å². The second-order valence-electron chi connectivity index (χ2n) is 9.85. The number of piperidine rings is 1. The van der Waals surface area contributed by atoms with E-state index >= 15 is 0 Å². The quantitative estimate of drug-likeness (QED) is 0.503. The van der Waals surface area contributed by atoms with Gasteiger partial charge in [-0.05, 0) is 43.3 Å². The zero-order valence-corrected chi connectivity index (χ0v) is 21.0. The number of aryl methyl sites for hydroxylation is 1. The molecule has 11 nitrogen and oxygen atoms in total. The summed E-state index contributed by atoms with van der Waals surface area (Å²) in [6, 6.07) is 2.79. The maximum absolute atomic E-state index is 12.7. The molecule has 1 unspecified atom stereocenters. The number of ether oxygens (including phenoxy) is 1. The van der Waals surface area contributed by atoms with Crippen molar-refractivity contribution in [3.63, 3.8) is 0 Å². The molecule has 14 heteroatoms. The maximum atomic E-state index is 12.7. The maximum Gasteiger partial charge on any atom is 0.455 e. The molecule has 0 bridgehead atoms. The molecule has 0 saturated carbocycles. The largest absolute Gasteiger partial charge is 0.487 e. The molecule has 3 aromatic heterocycles. The summed E-state index contributed by atoms with van der Waals surface area (Å²) in [6.07, 6.45) is 1.64. The molecule has 5 rings (SSSR count). The van der Waals surface area contributed by atoms with E-state index in [4.69, 9.17) is 15.0 Å². The Balaban J connectivity index is 1.15. The van der Waals surface area contributed by atoms with Crippen molar-refractivity contribution in [3.05, 3.63) is 52.5 Å². The number of nitrogens with zero attached hydrogens (tertiary/aromatic N) is 7. The lowest BCUT2D eigenvalue weighted by molar-refractivity contribution is -0.146. The van der Waals surface area contributed by atoms with Crippen LogP contribution >= 0.6 is 0 Å². The normalized spacial score (nSPS) is 21.6. The van der Waals surface area contributed by atoms with Gasteiger partial charge in [0.15, 0.2) is 5.75 Å². The number of halogens is 3. The number of hydrogen-bond acceptors (Lipinski definition) is 10. The molecule has 2 saturated heterocycles. The van der Waals surface area contributed by atoms with Gasteiger partial charge in [-0.25, -0.2) is 9.97 Å². The van der Waals surface area contributed by atoms with E-state index in [-0.39, 0.29) is 35.7 Å². The summed E-state index contributed by atoms with van der Waals surface area (Å²) in [7, 11) is 0. The van der Waals surface area contributed by atoms with Crippen LogP contribution in [0.25, 0.3) is 0 Å². The Morgan fingerprint density at radius 1 is 1.13 bits per heavy atom. The Bertz CT molecular complexity index is 1300. The first-order chi connectivity index (χ1) is 18.1. The lowest BCUT2D eigenvalue weighted by atomic mass is 9.92. The summed E-state index contributed by atoms with van der Waals surface area (Å²) in [5.41, 5.74) is 7.25. The van der Waals surface area contributed by atoms with Crippen LogP contribution in [0.4, 0.5) is 25.1 Å². The van der Waals surface area contributed by atoms with E-state index in [0.29, 0.717) is 50.7 Å². The lowest BCUT2D eigenvalue weighted by Gasteiger charge is -2.33. The van der Waals surface area contributed by atoms with Crippen molar-refractivity contribution < 1.29 is 22.4 Å². The Hall–Kier alpha value is -3.68. The van der Waals surface area contributed by atoms with Crippen LogP contribution in [0.15, 0.2) is 40.0 Å². The number of nitrogens with two attached hydrogens (primary N) is 1. The summed E-state index contributed by atoms with van der Waals surface area (Å²) in [4.78, 5) is 28.3. The van der Waals surface area contributed by atoms with E-state index in [1.165, 1.54) is 0 Å². The number of alkyl halides is 3. The lowest BCUT2D eigenvalue weighted by Crippen LogP contribution is -2.39. The SMILES string of the molecule is Cc1ccc(=O)n(C2CN(c3ncc(O[C@@H](C)C4CCN(c5nc(C(F)(F)F)no5)CC4)cn3)C[C@@H]2N)c1. The Morgan fingerprint density at radius 2 is 1.84 bits per heavy atom. The highest BCUT2D eigenvalue weighted by atomic mass is 19.4. The molecular formula is C24H29F3N8O3. The van der Waals surface area contributed by atoms with Gasteiger partial charge in [0.2, 0.25) is 5.95 Å². The van der Waals surface area contributed by atoms with Gasteiger partial charge in [-0.2, -0.15) is 18.2 Å².